The van der Waals surface area contributed by atoms with Crippen molar-refractivity contribution in [2.24, 2.45) is 0 Å². The van der Waals surface area contributed by atoms with Crippen LogP contribution in [0.4, 0.5) is 11.4 Å². The van der Waals surface area contributed by atoms with Gasteiger partial charge in [0.05, 0.1) is 20.5 Å². The largest absolute Gasteiger partial charge is 0.482 e. The van der Waals surface area contributed by atoms with Crippen LogP contribution in [-0.2, 0) is 31.3 Å². The molecule has 3 aromatic carbocycles. The molecule has 212 valence electrons. The lowest BCUT2D eigenvalue weighted by Crippen LogP contribution is -2.32. The minimum atomic E-state index is -3.81. The van der Waals surface area contributed by atoms with E-state index < -0.39 is 32.6 Å². The molecule has 0 bridgehead atoms. The molecule has 0 aromatic heterocycles. The van der Waals surface area contributed by atoms with Crippen molar-refractivity contribution in [3.63, 3.8) is 0 Å². The second kappa shape index (κ2) is 11.6. The highest BCUT2D eigenvalue weighted by molar-refractivity contribution is 7.92. The van der Waals surface area contributed by atoms with E-state index in [4.69, 9.17) is 27.9 Å². The zero-order valence-corrected chi connectivity index (χ0v) is 24.4. The Balaban J connectivity index is 1.23. The second-order valence-electron chi connectivity index (χ2n) is 9.66. The number of carbonyl (C=O) groups excluding carboxylic acids is 1. The molecule has 2 N–H and O–H groups in total. The second-order valence-corrected chi connectivity index (χ2v) is 14.1. The van der Waals surface area contributed by atoms with Gasteiger partial charge in [0, 0.05) is 23.3 Å². The Kier molecular flexibility index (Phi) is 8.30. The van der Waals surface area contributed by atoms with E-state index in [-0.39, 0.29) is 33.1 Å². The summed E-state index contributed by atoms with van der Waals surface area (Å²) >= 11 is 12.2. The van der Waals surface area contributed by atoms with Crippen LogP contribution < -0.4 is 19.1 Å². The van der Waals surface area contributed by atoms with Crippen molar-refractivity contribution in [1.29, 1.82) is 0 Å². The standard InChI is InChI=1S/C27H27Cl2N3O6S2/c28-19-6-9-22(10-7-19)40(36,37)32-14-13-18-5-8-21(15-25(18)32)30-27(33)17-38-26-12-11-23(16-24(26)29)39(34,35)31-20-3-1-2-4-20/h5-12,15-16,20,31H,1-4,13-14,17H2,(H,30,33). The Labute approximate surface area is 243 Å². The Bertz CT molecular complexity index is 1640. The molecule has 0 unspecified atom stereocenters. The molecular formula is C27H27Cl2N3O6S2. The molecule has 40 heavy (non-hydrogen) atoms. The number of hydrogen-bond acceptors (Lipinski definition) is 6. The summed E-state index contributed by atoms with van der Waals surface area (Å²) in [5, 5.41) is 3.20. The van der Waals surface area contributed by atoms with Crippen LogP contribution in [0, 0.1) is 0 Å². The molecule has 3 aromatic rings. The Morgan fingerprint density at radius 2 is 1.62 bits per heavy atom. The van der Waals surface area contributed by atoms with E-state index in [9.17, 15) is 21.6 Å². The van der Waals surface area contributed by atoms with Gasteiger partial charge in [-0.3, -0.25) is 9.10 Å². The van der Waals surface area contributed by atoms with Gasteiger partial charge in [-0.05, 0) is 79.4 Å². The van der Waals surface area contributed by atoms with Crippen molar-refractivity contribution >= 4 is 60.5 Å². The van der Waals surface area contributed by atoms with Crippen molar-refractivity contribution in [3.8, 4) is 5.75 Å². The topological polar surface area (TPSA) is 122 Å². The summed E-state index contributed by atoms with van der Waals surface area (Å²) in [7, 11) is -7.53. The predicted molar refractivity (Wildman–Crippen MR) is 154 cm³/mol. The number of amides is 1. The third-order valence-electron chi connectivity index (χ3n) is 6.87. The molecule has 1 aliphatic heterocycles. The number of ether oxygens (including phenoxy) is 1. The molecule has 1 amide bonds. The van der Waals surface area contributed by atoms with Gasteiger partial charge in [-0.1, -0.05) is 42.1 Å². The van der Waals surface area contributed by atoms with Gasteiger partial charge in [0.15, 0.2) is 6.61 Å². The van der Waals surface area contributed by atoms with Crippen molar-refractivity contribution in [2.75, 3.05) is 22.8 Å². The Morgan fingerprint density at radius 1 is 0.925 bits per heavy atom. The molecule has 9 nitrogen and oxygen atoms in total. The maximum absolute atomic E-state index is 13.2. The van der Waals surface area contributed by atoms with E-state index in [1.165, 1.54) is 46.8 Å². The van der Waals surface area contributed by atoms with Crippen molar-refractivity contribution in [3.05, 3.63) is 76.3 Å². The molecule has 5 rings (SSSR count). The van der Waals surface area contributed by atoms with Gasteiger partial charge in [-0.25, -0.2) is 21.6 Å². The minimum Gasteiger partial charge on any atom is -0.482 e. The van der Waals surface area contributed by atoms with Gasteiger partial charge < -0.3 is 10.1 Å². The molecular weight excluding hydrogens is 597 g/mol. The monoisotopic (exact) mass is 623 g/mol. The van der Waals surface area contributed by atoms with Crippen LogP contribution in [0.15, 0.2) is 70.5 Å². The van der Waals surface area contributed by atoms with Crippen LogP contribution >= 0.6 is 23.2 Å². The molecule has 1 aliphatic carbocycles. The molecule has 0 saturated heterocycles. The van der Waals surface area contributed by atoms with Crippen molar-refractivity contribution in [2.45, 2.75) is 47.9 Å². The van der Waals surface area contributed by atoms with Crippen molar-refractivity contribution in [1.82, 2.24) is 4.72 Å². The zero-order chi connectivity index (χ0) is 28.5. The summed E-state index contributed by atoms with van der Waals surface area (Å²) in [6, 6.07) is 15.0. The number of nitrogens with zero attached hydrogens (tertiary/aromatic N) is 1. The number of sulfonamides is 2. The van der Waals surface area contributed by atoms with Gasteiger partial charge in [-0.15, -0.1) is 0 Å². The van der Waals surface area contributed by atoms with Crippen LogP contribution in [0.1, 0.15) is 31.2 Å². The number of anilines is 2. The molecule has 2 aliphatic rings. The zero-order valence-electron chi connectivity index (χ0n) is 21.3. The molecule has 1 fully saturated rings. The van der Waals surface area contributed by atoms with Gasteiger partial charge in [0.1, 0.15) is 5.75 Å². The fourth-order valence-electron chi connectivity index (χ4n) is 4.85. The molecule has 0 spiro atoms. The van der Waals surface area contributed by atoms with Crippen molar-refractivity contribution < 1.29 is 26.4 Å². The molecule has 13 heteroatoms. The first-order valence-electron chi connectivity index (χ1n) is 12.7. The van der Waals surface area contributed by atoms with Gasteiger partial charge in [-0.2, -0.15) is 0 Å². The lowest BCUT2D eigenvalue weighted by Gasteiger charge is -2.20. The average molecular weight is 625 g/mol. The highest BCUT2D eigenvalue weighted by Gasteiger charge is 2.31. The summed E-state index contributed by atoms with van der Waals surface area (Å²) in [6.07, 6.45) is 4.15. The predicted octanol–water partition coefficient (Wildman–Crippen LogP) is 4.98. The summed E-state index contributed by atoms with van der Waals surface area (Å²) < 4.78 is 61.3. The quantitative estimate of drug-likeness (QED) is 0.346. The molecule has 1 heterocycles. The van der Waals surface area contributed by atoms with Crippen LogP contribution in [0.2, 0.25) is 10.0 Å². The smallest absolute Gasteiger partial charge is 0.264 e. The van der Waals surface area contributed by atoms with Crippen LogP contribution in [0.5, 0.6) is 5.75 Å². The number of benzene rings is 3. The minimum absolute atomic E-state index is 0.0254. The number of fused-ring (bicyclic) bond motifs is 1. The molecule has 0 radical (unpaired) electrons. The van der Waals surface area contributed by atoms with E-state index in [0.29, 0.717) is 22.8 Å². The summed E-state index contributed by atoms with van der Waals surface area (Å²) in [4.78, 5) is 12.8. The van der Waals surface area contributed by atoms with E-state index in [1.807, 2.05) is 0 Å². The van der Waals surface area contributed by atoms with E-state index in [0.717, 1.165) is 31.2 Å². The van der Waals surface area contributed by atoms with E-state index in [2.05, 4.69) is 10.0 Å². The lowest BCUT2D eigenvalue weighted by molar-refractivity contribution is -0.118. The Morgan fingerprint density at radius 3 is 2.33 bits per heavy atom. The summed E-state index contributed by atoms with van der Waals surface area (Å²) in [5.41, 5.74) is 1.73. The number of nitrogens with one attached hydrogen (secondary N) is 2. The summed E-state index contributed by atoms with van der Waals surface area (Å²) in [5.74, 6) is -0.341. The van der Waals surface area contributed by atoms with Gasteiger partial charge in [0.2, 0.25) is 10.0 Å². The number of halogens is 2. The van der Waals surface area contributed by atoms with E-state index in [1.54, 1.807) is 18.2 Å². The fraction of sp³-hybridized carbons (Fsp3) is 0.296. The van der Waals surface area contributed by atoms with Gasteiger partial charge in [0.25, 0.3) is 15.9 Å². The number of rotatable bonds is 9. The van der Waals surface area contributed by atoms with Crippen LogP contribution in [0.25, 0.3) is 0 Å². The normalized spacial score (nSPS) is 15.7. The summed E-state index contributed by atoms with van der Waals surface area (Å²) in [6.45, 7) is -0.114. The van der Waals surface area contributed by atoms with Crippen LogP contribution in [-0.4, -0.2) is 41.9 Å². The first kappa shape index (κ1) is 28.7. The maximum atomic E-state index is 13.2. The SMILES string of the molecule is O=C(COc1ccc(S(=O)(=O)NC2CCCC2)cc1Cl)Nc1ccc2c(c1)N(S(=O)(=O)c1ccc(Cl)cc1)CC2. The highest BCUT2D eigenvalue weighted by atomic mass is 35.5. The maximum Gasteiger partial charge on any atom is 0.264 e. The Hall–Kier alpha value is -2.83. The van der Waals surface area contributed by atoms with Crippen LogP contribution in [0.3, 0.4) is 0 Å². The third kappa shape index (κ3) is 6.23. The lowest BCUT2D eigenvalue weighted by atomic mass is 10.1. The number of hydrogen-bond donors (Lipinski definition) is 2. The number of carbonyl (C=O) groups is 1. The fourth-order valence-corrected chi connectivity index (χ4v) is 8.10. The molecule has 0 atom stereocenters. The van der Waals surface area contributed by atoms with Gasteiger partial charge >= 0.3 is 0 Å². The molecule has 1 saturated carbocycles. The first-order chi connectivity index (χ1) is 19.0. The third-order valence-corrected chi connectivity index (χ3v) is 10.8. The first-order valence-corrected chi connectivity index (χ1v) is 16.4. The highest BCUT2D eigenvalue weighted by Crippen LogP contribution is 2.35. The average Bonchev–Trinajstić information content (AvgIpc) is 3.58. The van der Waals surface area contributed by atoms with E-state index >= 15 is 0 Å².